The first-order valence-electron chi connectivity index (χ1n) is 29.2. The lowest BCUT2D eigenvalue weighted by molar-refractivity contribution is -0.282. The van der Waals surface area contributed by atoms with Crippen molar-refractivity contribution in [1.29, 1.82) is 0 Å². The summed E-state index contributed by atoms with van der Waals surface area (Å²) in [7, 11) is -7.98. The van der Waals surface area contributed by atoms with Gasteiger partial charge in [-0.05, 0) is 57.8 Å². The van der Waals surface area contributed by atoms with Crippen LogP contribution in [0, 0.1) is 17.8 Å². The molecule has 85 heavy (non-hydrogen) atoms. The van der Waals surface area contributed by atoms with Crippen LogP contribution in [0.1, 0.15) is 97.8 Å². The third-order valence-electron chi connectivity index (χ3n) is 16.5. The molecule has 6 fully saturated rings. The predicted molar refractivity (Wildman–Crippen MR) is 294 cm³/mol. The summed E-state index contributed by atoms with van der Waals surface area (Å²) in [5.74, 6) is -2.66. The lowest BCUT2D eigenvalue weighted by Crippen LogP contribution is -2.55. The summed E-state index contributed by atoms with van der Waals surface area (Å²) in [5.41, 5.74) is 0. The van der Waals surface area contributed by atoms with Gasteiger partial charge in [0.15, 0.2) is 18.9 Å². The van der Waals surface area contributed by atoms with Crippen molar-refractivity contribution in [3.63, 3.8) is 0 Å². The van der Waals surface area contributed by atoms with E-state index in [-0.39, 0.29) is 116 Å². The fraction of sp³-hybridized carbons (Fsp3) is 0.941. The number of likely N-dealkylation sites (tertiary alicyclic amines) is 3. The number of carbonyl (C=O) groups excluding carboxylic acids is 3. The van der Waals surface area contributed by atoms with Crippen LogP contribution in [0.5, 0.6) is 0 Å². The summed E-state index contributed by atoms with van der Waals surface area (Å²) in [6, 6.07) is -1.97. The summed E-state index contributed by atoms with van der Waals surface area (Å²) in [5, 5.41) is 101. The van der Waals surface area contributed by atoms with E-state index in [1.54, 1.807) is 20.8 Å². The van der Waals surface area contributed by atoms with Crippen LogP contribution in [0.4, 0.5) is 0 Å². The minimum absolute atomic E-state index is 0.00748. The molecule has 11 unspecified atom stereocenters. The first kappa shape index (κ1) is 72.8. The third kappa shape index (κ3) is 21.1. The van der Waals surface area contributed by atoms with Crippen molar-refractivity contribution < 1.29 is 136 Å². The summed E-state index contributed by atoms with van der Waals surface area (Å²) >= 11 is 0. The van der Waals surface area contributed by atoms with Crippen LogP contribution in [-0.4, -0.2) is 292 Å². The topological polar surface area (TPSA) is 446 Å². The van der Waals surface area contributed by atoms with Gasteiger partial charge in [0.1, 0.15) is 36.6 Å². The van der Waals surface area contributed by atoms with Gasteiger partial charge in [0.2, 0.25) is 17.7 Å². The number of amides is 3. The Hall–Kier alpha value is -1.30. The molecule has 0 radical (unpaired) electrons. The molecule has 6 saturated heterocycles. The van der Waals surface area contributed by atoms with Crippen LogP contribution in [0.2, 0.25) is 0 Å². The SMILES string of the molecule is CC1C(O)[C@@H](O)C(CO)O[C@H]1OCCCCC(=O)N1C[C@H](O)C[C@H]1COP(O)O[C@@H]1C[C@@H](COP(O)O[C@@H]2C[C@@H](COP(O)O)N(C(=O)CCCCO[C@@H]3OC(CO)[C@H](O)C(O)C3C)C2)N(C(=O)CCCCO[C@@H]2OC(CO)[C@H](O)C(O)C2C)C1. The molecule has 0 aromatic carbocycles. The second-order valence-electron chi connectivity index (χ2n) is 22.7. The molecule has 0 aromatic heterocycles. The molecule has 34 heteroatoms. The van der Waals surface area contributed by atoms with Crippen molar-refractivity contribution in [3.05, 3.63) is 0 Å². The first-order valence-corrected chi connectivity index (χ1v) is 32.6. The van der Waals surface area contributed by atoms with Crippen molar-refractivity contribution >= 4 is 43.5 Å². The van der Waals surface area contributed by atoms with Gasteiger partial charge in [-0.25, -0.2) is 0 Å². The van der Waals surface area contributed by atoms with Gasteiger partial charge in [-0.2, -0.15) is 0 Å². The van der Waals surface area contributed by atoms with E-state index in [1.807, 2.05) is 0 Å². The highest BCUT2D eigenvalue weighted by atomic mass is 31.2. The van der Waals surface area contributed by atoms with Crippen molar-refractivity contribution in [1.82, 2.24) is 14.7 Å². The van der Waals surface area contributed by atoms with Crippen LogP contribution < -0.4 is 0 Å². The van der Waals surface area contributed by atoms with E-state index in [0.717, 1.165) is 0 Å². The maximum absolute atomic E-state index is 13.9. The summed E-state index contributed by atoms with van der Waals surface area (Å²) in [6.07, 6.45) is -12.6. The van der Waals surface area contributed by atoms with Gasteiger partial charge < -0.3 is 136 Å². The number of aliphatic hydroxyl groups excluding tert-OH is 10. The maximum atomic E-state index is 13.9. The van der Waals surface area contributed by atoms with E-state index in [9.17, 15) is 85.0 Å². The lowest BCUT2D eigenvalue weighted by Gasteiger charge is -2.40. The van der Waals surface area contributed by atoms with Gasteiger partial charge in [-0.15, -0.1) is 0 Å². The smallest absolute Gasteiger partial charge is 0.330 e. The molecule has 6 rings (SSSR count). The Morgan fingerprint density at radius 3 is 1.09 bits per heavy atom. The monoisotopic (exact) mass is 1290 g/mol. The molecule has 6 aliphatic rings. The third-order valence-corrected chi connectivity index (χ3v) is 18.6. The zero-order valence-corrected chi connectivity index (χ0v) is 50.9. The lowest BCUT2D eigenvalue weighted by atomic mass is 9.92. The molecule has 494 valence electrons. The molecule has 14 N–H and O–H groups in total. The zero-order chi connectivity index (χ0) is 62.1. The van der Waals surface area contributed by atoms with Crippen molar-refractivity contribution in [3.8, 4) is 0 Å². The average Bonchev–Trinajstić information content (AvgIpc) is 4.19. The van der Waals surface area contributed by atoms with Crippen molar-refractivity contribution in [2.24, 2.45) is 17.8 Å². The molecule has 23 atom stereocenters. The molecule has 0 bridgehead atoms. The largest absolute Gasteiger partial charge is 0.394 e. The van der Waals surface area contributed by atoms with Crippen LogP contribution in [0.3, 0.4) is 0 Å². The quantitative estimate of drug-likeness (QED) is 0.0232. The van der Waals surface area contributed by atoms with Crippen LogP contribution in [0.25, 0.3) is 0 Å². The molecule has 0 saturated carbocycles. The fourth-order valence-corrected chi connectivity index (χ4v) is 13.2. The number of aliphatic hydroxyl groups is 10. The van der Waals surface area contributed by atoms with E-state index < -0.39 is 174 Å². The summed E-state index contributed by atoms with van der Waals surface area (Å²) in [6.45, 7) is 3.15. The van der Waals surface area contributed by atoms with Crippen LogP contribution in [-0.2, 0) is 65.4 Å². The summed E-state index contributed by atoms with van der Waals surface area (Å²) in [4.78, 5) is 86.5. The molecule has 31 nitrogen and oxygen atoms in total. The second kappa shape index (κ2) is 36.1. The highest BCUT2D eigenvalue weighted by Gasteiger charge is 2.46. The number of unbranched alkanes of at least 4 members (excludes halogenated alkanes) is 3. The van der Waals surface area contributed by atoms with Crippen molar-refractivity contribution in [2.45, 2.75) is 208 Å². The van der Waals surface area contributed by atoms with E-state index in [1.165, 1.54) is 14.7 Å². The molecular weight excluding hydrogens is 1200 g/mol. The van der Waals surface area contributed by atoms with Gasteiger partial charge >= 0.3 is 25.8 Å². The second-order valence-corrected chi connectivity index (χ2v) is 25.4. The predicted octanol–water partition coefficient (Wildman–Crippen LogP) is -2.59. The standard InChI is InChI=1S/C51H92N3O28P3/c1-28-43(62)46(65)37(22-55)78-49(28)72-13-7-4-10-40(59)52-19-34(58)16-31(52)26-76-84(70)82-36-18-33(54(21-36)42(61)12-6-9-15-74-51-30(3)45(64)48(67)39(24-57)80-51)27-77-85(71)81-35-17-32(25-75-83(68)69)53(20-35)41(60)11-5-8-14-73-50-29(2)44(63)47(66)38(23-56)79-50/h28-39,43-51,55-58,62-71H,4-27H2,1-3H3/t28?,29?,30?,31-,32-,33-,34+,35+,36+,37?,38?,39?,43?,44?,45?,46-,47-,48-,49+,50+,51+,84?,85?/m0/s1. The Morgan fingerprint density at radius 2 is 0.765 bits per heavy atom. The molecule has 0 aromatic rings. The number of nitrogens with zero attached hydrogens (tertiary/aromatic N) is 3. The Morgan fingerprint density at radius 1 is 0.447 bits per heavy atom. The maximum Gasteiger partial charge on any atom is 0.330 e. The minimum atomic E-state index is -2.76. The van der Waals surface area contributed by atoms with Gasteiger partial charge in [0.05, 0.1) is 94.4 Å². The zero-order valence-electron chi connectivity index (χ0n) is 48.3. The number of hydrogen-bond acceptors (Lipinski definition) is 28. The van der Waals surface area contributed by atoms with E-state index in [2.05, 4.69) is 0 Å². The number of hydrogen-bond donors (Lipinski definition) is 14. The van der Waals surface area contributed by atoms with Gasteiger partial charge in [-0.3, -0.25) is 14.4 Å². The number of ether oxygens (including phenoxy) is 6. The van der Waals surface area contributed by atoms with Crippen LogP contribution >= 0.6 is 25.8 Å². The fourth-order valence-electron chi connectivity index (χ4n) is 11.3. The van der Waals surface area contributed by atoms with E-state index in [4.69, 9.17) is 51.0 Å². The molecule has 6 heterocycles. The van der Waals surface area contributed by atoms with E-state index in [0.29, 0.717) is 38.5 Å². The van der Waals surface area contributed by atoms with Crippen LogP contribution in [0.15, 0.2) is 0 Å². The molecular formula is C51H92N3O28P3. The normalized spacial score (nSPS) is 37.1. The molecule has 3 amide bonds. The average molecular weight is 1290 g/mol. The number of rotatable bonds is 34. The summed E-state index contributed by atoms with van der Waals surface area (Å²) < 4.78 is 62.6. The van der Waals surface area contributed by atoms with E-state index >= 15 is 0 Å². The number of β-amino-alcohol motifs (C(OH)–C–C–N with tert-alkyl or cyclic N) is 1. The van der Waals surface area contributed by atoms with Gasteiger partial charge in [-0.1, -0.05) is 20.8 Å². The highest BCUT2D eigenvalue weighted by Crippen LogP contribution is 2.43. The number of carbonyl (C=O) groups is 3. The Balaban J connectivity index is 0.981. The Bertz CT molecular complexity index is 1990. The van der Waals surface area contributed by atoms with Gasteiger partial charge in [0, 0.05) is 76.5 Å². The molecule has 0 aliphatic carbocycles. The molecule has 6 aliphatic heterocycles. The van der Waals surface area contributed by atoms with Gasteiger partial charge in [0.25, 0.3) is 0 Å². The first-order chi connectivity index (χ1) is 40.5. The Labute approximate surface area is 497 Å². The Kier molecular flexibility index (Phi) is 30.9. The van der Waals surface area contributed by atoms with Crippen molar-refractivity contribution in [2.75, 3.05) is 79.1 Å². The minimum Gasteiger partial charge on any atom is -0.394 e. The molecule has 0 spiro atoms. The highest BCUT2D eigenvalue weighted by molar-refractivity contribution is 7.40.